The molecule has 3 heterocycles. The number of anilines is 3. The second-order valence-electron chi connectivity index (χ2n) is 11.7. The van der Waals surface area contributed by atoms with Crippen LogP contribution in [-0.2, 0) is 16.1 Å². The summed E-state index contributed by atoms with van der Waals surface area (Å²) in [6, 6.07) is 11.2. The maximum Gasteiger partial charge on any atom is 0.412 e. The molecule has 11 heteroatoms. The molecule has 6 rings (SSSR count). The summed E-state index contributed by atoms with van der Waals surface area (Å²) in [5.41, 5.74) is 3.95. The molecule has 0 aliphatic heterocycles. The first-order valence-corrected chi connectivity index (χ1v) is 14.1. The molecule has 10 nitrogen and oxygen atoms in total. The van der Waals surface area contributed by atoms with E-state index in [9.17, 15) is 9.59 Å². The highest BCUT2D eigenvalue weighted by molar-refractivity contribution is 6.31. The van der Waals surface area contributed by atoms with E-state index in [1.165, 1.54) is 24.7 Å². The van der Waals surface area contributed by atoms with Crippen LogP contribution in [0.4, 0.5) is 22.1 Å². The molecular weight excluding hydrogens is 542 g/mol. The lowest BCUT2D eigenvalue weighted by Crippen LogP contribution is -2.27. The molecule has 2 atom stereocenters. The van der Waals surface area contributed by atoms with Crippen LogP contribution in [0.15, 0.2) is 55.1 Å². The first kappa shape index (κ1) is 27.0. The van der Waals surface area contributed by atoms with E-state index in [0.717, 1.165) is 16.9 Å². The number of amides is 2. The Morgan fingerprint density at radius 1 is 1.02 bits per heavy atom. The minimum absolute atomic E-state index is 0.0113. The molecule has 2 saturated carbocycles. The molecular formula is C30H32ClN7O3. The lowest BCUT2D eigenvalue weighted by molar-refractivity contribution is -0.117. The lowest BCUT2D eigenvalue weighted by atomic mass is 10.1. The monoisotopic (exact) mass is 573 g/mol. The molecule has 0 unspecified atom stereocenters. The SMILES string of the molecule is CC(C)(C)OC(=O)Nc1cc(Cl)cc([C@H]2C[C@@H]2C(=O)Nc2cc(NCc3cn4cc(C5CC5)ccc4n3)ncn2)c1. The van der Waals surface area contributed by atoms with Gasteiger partial charge in [0.2, 0.25) is 5.91 Å². The Bertz CT molecular complexity index is 1630. The smallest absolute Gasteiger partial charge is 0.412 e. The molecule has 1 aromatic carbocycles. The van der Waals surface area contributed by atoms with Crippen molar-refractivity contribution in [1.82, 2.24) is 19.4 Å². The number of carbonyl (C=O) groups is 2. The van der Waals surface area contributed by atoms with E-state index in [-0.39, 0.29) is 17.7 Å². The molecule has 4 aromatic rings. The molecule has 3 aromatic heterocycles. The number of halogens is 1. The molecule has 2 fully saturated rings. The first-order chi connectivity index (χ1) is 19.6. The number of aromatic nitrogens is 4. The zero-order chi connectivity index (χ0) is 28.7. The number of imidazole rings is 1. The number of carbonyl (C=O) groups excluding carboxylic acids is 2. The largest absolute Gasteiger partial charge is 0.444 e. The highest BCUT2D eigenvalue weighted by Crippen LogP contribution is 2.49. The molecule has 41 heavy (non-hydrogen) atoms. The van der Waals surface area contributed by atoms with Crippen molar-refractivity contribution in [3.63, 3.8) is 0 Å². The number of benzene rings is 1. The maximum absolute atomic E-state index is 13.0. The highest BCUT2D eigenvalue weighted by atomic mass is 35.5. The molecule has 3 N–H and O–H groups in total. The van der Waals surface area contributed by atoms with E-state index in [1.54, 1.807) is 32.9 Å². The van der Waals surface area contributed by atoms with Crippen LogP contribution in [-0.4, -0.2) is 37.0 Å². The zero-order valence-electron chi connectivity index (χ0n) is 23.1. The van der Waals surface area contributed by atoms with Crippen LogP contribution < -0.4 is 16.0 Å². The van der Waals surface area contributed by atoms with Gasteiger partial charge in [0.25, 0.3) is 0 Å². The molecule has 0 bridgehead atoms. The number of rotatable bonds is 8. The molecule has 2 aliphatic carbocycles. The second-order valence-corrected chi connectivity index (χ2v) is 12.2. The Balaban J connectivity index is 1.05. The minimum Gasteiger partial charge on any atom is -0.444 e. The van der Waals surface area contributed by atoms with E-state index in [2.05, 4.69) is 53.6 Å². The summed E-state index contributed by atoms with van der Waals surface area (Å²) in [4.78, 5) is 38.4. The number of nitrogens with zero attached hydrogens (tertiary/aromatic N) is 4. The molecule has 0 radical (unpaired) electrons. The van der Waals surface area contributed by atoms with Crippen molar-refractivity contribution < 1.29 is 14.3 Å². The number of hydrogen-bond acceptors (Lipinski definition) is 7. The van der Waals surface area contributed by atoms with Crippen molar-refractivity contribution in [2.24, 2.45) is 5.92 Å². The van der Waals surface area contributed by atoms with Crippen molar-refractivity contribution >= 4 is 46.6 Å². The fraction of sp³-hybridized carbons (Fsp3) is 0.367. The fourth-order valence-electron chi connectivity index (χ4n) is 4.90. The van der Waals surface area contributed by atoms with Crippen molar-refractivity contribution in [1.29, 1.82) is 0 Å². The third-order valence-electron chi connectivity index (χ3n) is 7.06. The Hall–Kier alpha value is -4.18. The molecule has 212 valence electrons. The van der Waals surface area contributed by atoms with Crippen LogP contribution in [0.5, 0.6) is 0 Å². The van der Waals surface area contributed by atoms with Gasteiger partial charge in [0, 0.05) is 35.1 Å². The van der Waals surface area contributed by atoms with Crippen molar-refractivity contribution in [2.45, 2.75) is 64.0 Å². The summed E-state index contributed by atoms with van der Waals surface area (Å²) in [7, 11) is 0. The number of nitrogens with one attached hydrogen (secondary N) is 3. The summed E-state index contributed by atoms with van der Waals surface area (Å²) in [5.74, 6) is 1.32. The summed E-state index contributed by atoms with van der Waals surface area (Å²) in [5, 5.41) is 9.36. The minimum atomic E-state index is -0.616. The predicted molar refractivity (Wildman–Crippen MR) is 157 cm³/mol. The van der Waals surface area contributed by atoms with Crippen molar-refractivity contribution in [3.8, 4) is 0 Å². The average molecular weight is 574 g/mol. The average Bonchev–Trinajstić information content (AvgIpc) is 3.82. The highest BCUT2D eigenvalue weighted by Gasteiger charge is 2.44. The van der Waals surface area contributed by atoms with E-state index in [0.29, 0.717) is 41.2 Å². The first-order valence-electron chi connectivity index (χ1n) is 13.7. The Kier molecular flexibility index (Phi) is 7.03. The van der Waals surface area contributed by atoms with Crippen LogP contribution in [0.1, 0.15) is 68.7 Å². The predicted octanol–water partition coefficient (Wildman–Crippen LogP) is 6.36. The van der Waals surface area contributed by atoms with Crippen LogP contribution in [0.3, 0.4) is 0 Å². The topological polar surface area (TPSA) is 123 Å². The van der Waals surface area contributed by atoms with Gasteiger partial charge in [-0.25, -0.2) is 19.7 Å². The van der Waals surface area contributed by atoms with Crippen LogP contribution in [0, 0.1) is 5.92 Å². The molecule has 0 saturated heterocycles. The van der Waals surface area contributed by atoms with Crippen LogP contribution in [0.2, 0.25) is 5.02 Å². The van der Waals surface area contributed by atoms with Gasteiger partial charge in [-0.1, -0.05) is 17.7 Å². The van der Waals surface area contributed by atoms with E-state index in [4.69, 9.17) is 16.3 Å². The van der Waals surface area contributed by atoms with E-state index < -0.39 is 11.7 Å². The number of hydrogen-bond donors (Lipinski definition) is 3. The number of pyridine rings is 1. The van der Waals surface area contributed by atoms with Crippen LogP contribution >= 0.6 is 11.6 Å². The summed E-state index contributed by atoms with van der Waals surface area (Å²) < 4.78 is 7.39. The van der Waals surface area contributed by atoms with Gasteiger partial charge in [0.05, 0.1) is 12.2 Å². The van der Waals surface area contributed by atoms with Gasteiger partial charge < -0.3 is 19.8 Å². The third-order valence-corrected chi connectivity index (χ3v) is 7.28. The summed E-state index contributed by atoms with van der Waals surface area (Å²) in [6.45, 7) is 5.88. The Morgan fingerprint density at radius 2 is 1.83 bits per heavy atom. The summed E-state index contributed by atoms with van der Waals surface area (Å²) in [6.07, 6.45) is 8.23. The number of ether oxygens (including phenoxy) is 1. The Morgan fingerprint density at radius 3 is 2.61 bits per heavy atom. The standard InChI is InChI=1S/C30H32ClN7O3/c1-30(2,3)41-29(40)36-21-9-19(8-20(31)10-21)23-11-24(23)28(39)37-26-12-25(33-16-34-26)32-13-22-15-38-14-18(17-4-5-17)6-7-27(38)35-22/h6-10,12,14-17,23-24H,4-5,11,13H2,1-3H3,(H,36,40)(H2,32,33,34,37,39)/t23-,24+/m1/s1. The van der Waals surface area contributed by atoms with E-state index >= 15 is 0 Å². The molecule has 2 amide bonds. The zero-order valence-corrected chi connectivity index (χ0v) is 23.9. The van der Waals surface area contributed by atoms with Gasteiger partial charge >= 0.3 is 6.09 Å². The quantitative estimate of drug-likeness (QED) is 0.224. The number of fused-ring (bicyclic) bond motifs is 1. The van der Waals surface area contributed by atoms with E-state index in [1.807, 2.05) is 18.3 Å². The van der Waals surface area contributed by atoms with Gasteiger partial charge in [0.15, 0.2) is 0 Å². The van der Waals surface area contributed by atoms with Gasteiger partial charge in [-0.05, 0) is 87.3 Å². The maximum atomic E-state index is 13.0. The summed E-state index contributed by atoms with van der Waals surface area (Å²) >= 11 is 6.31. The van der Waals surface area contributed by atoms with Crippen molar-refractivity contribution in [3.05, 3.63) is 77.0 Å². The fourth-order valence-corrected chi connectivity index (χ4v) is 5.14. The normalized spacial score (nSPS) is 18.1. The lowest BCUT2D eigenvalue weighted by Gasteiger charge is -2.20. The van der Waals surface area contributed by atoms with Gasteiger partial charge in [-0.2, -0.15) is 0 Å². The Labute approximate surface area is 242 Å². The van der Waals surface area contributed by atoms with Gasteiger partial charge in [-0.15, -0.1) is 0 Å². The second kappa shape index (κ2) is 10.7. The molecule has 2 aliphatic rings. The molecule has 0 spiro atoms. The van der Waals surface area contributed by atoms with Gasteiger partial charge in [-0.3, -0.25) is 10.1 Å². The third kappa shape index (κ3) is 6.77. The van der Waals surface area contributed by atoms with Gasteiger partial charge in [0.1, 0.15) is 29.2 Å². The van der Waals surface area contributed by atoms with Crippen molar-refractivity contribution in [2.75, 3.05) is 16.0 Å². The van der Waals surface area contributed by atoms with Crippen LogP contribution in [0.25, 0.3) is 5.65 Å².